The molecule has 0 spiro atoms. The number of rotatable bonds is 3. The van der Waals surface area contributed by atoms with E-state index in [0.29, 0.717) is 6.54 Å². The molecule has 0 radical (unpaired) electrons. The van der Waals surface area contributed by atoms with Crippen LogP contribution < -0.4 is 5.73 Å². The van der Waals surface area contributed by atoms with Crippen molar-refractivity contribution in [3.63, 3.8) is 0 Å². The van der Waals surface area contributed by atoms with E-state index in [-0.39, 0.29) is 5.92 Å². The van der Waals surface area contributed by atoms with Gasteiger partial charge < -0.3 is 10.7 Å². The van der Waals surface area contributed by atoms with Crippen molar-refractivity contribution in [2.45, 2.75) is 19.8 Å². The number of hydrogen-bond acceptors (Lipinski definition) is 2. The van der Waals surface area contributed by atoms with Crippen molar-refractivity contribution < 1.29 is 0 Å². The number of nitrogens with one attached hydrogen (secondary N) is 1. The lowest BCUT2D eigenvalue weighted by Gasteiger charge is -2.02. The molecule has 0 aliphatic rings. The van der Waals surface area contributed by atoms with E-state index in [1.165, 1.54) is 0 Å². The topological polar surface area (TPSA) is 54.7 Å². The average Bonchev–Trinajstić information content (AvgIpc) is 2.71. The molecule has 2 rings (SSSR count). The lowest BCUT2D eigenvalue weighted by Crippen LogP contribution is -2.10. The molecule has 90 valence electrons. The molecule has 0 aliphatic carbocycles. The van der Waals surface area contributed by atoms with Gasteiger partial charge in [-0.25, -0.2) is 4.98 Å². The summed E-state index contributed by atoms with van der Waals surface area (Å²) in [5.74, 6) is 1.18. The summed E-state index contributed by atoms with van der Waals surface area (Å²) < 4.78 is 0. The molecule has 17 heavy (non-hydrogen) atoms. The Morgan fingerprint density at radius 3 is 2.59 bits per heavy atom. The number of aromatic amines is 1. The molecule has 1 unspecified atom stereocenters. The van der Waals surface area contributed by atoms with Crippen LogP contribution in [0.3, 0.4) is 0 Å². The number of nitrogens with two attached hydrogens (primary N) is 1. The molecule has 1 aromatic heterocycles. The summed E-state index contributed by atoms with van der Waals surface area (Å²) in [6, 6.07) is 7.69. The highest BCUT2D eigenvalue weighted by Gasteiger charge is 2.12. The van der Waals surface area contributed by atoms with Crippen molar-refractivity contribution in [3.8, 4) is 11.3 Å². The standard InChI is InChI=1S/C13H16ClN3/c1-8(7-15)13-16-9(2)12(17-13)10-3-5-11(14)6-4-10/h3-6,8H,7,15H2,1-2H3,(H,16,17). The van der Waals surface area contributed by atoms with Gasteiger partial charge in [-0.05, 0) is 19.1 Å². The zero-order valence-electron chi connectivity index (χ0n) is 10.00. The van der Waals surface area contributed by atoms with E-state index in [1.807, 2.05) is 31.2 Å². The van der Waals surface area contributed by atoms with Gasteiger partial charge in [0.15, 0.2) is 0 Å². The predicted molar refractivity (Wildman–Crippen MR) is 71.2 cm³/mol. The summed E-state index contributed by atoms with van der Waals surface area (Å²) in [6.07, 6.45) is 0. The van der Waals surface area contributed by atoms with Gasteiger partial charge in [-0.15, -0.1) is 0 Å². The fourth-order valence-corrected chi connectivity index (χ4v) is 1.84. The Morgan fingerprint density at radius 1 is 1.35 bits per heavy atom. The van der Waals surface area contributed by atoms with Gasteiger partial charge >= 0.3 is 0 Å². The third-order valence-electron chi connectivity index (χ3n) is 2.84. The molecule has 0 amide bonds. The maximum atomic E-state index is 5.87. The van der Waals surface area contributed by atoms with Crippen LogP contribution in [0.2, 0.25) is 5.02 Å². The summed E-state index contributed by atoms with van der Waals surface area (Å²) in [5.41, 5.74) is 8.74. The van der Waals surface area contributed by atoms with E-state index >= 15 is 0 Å². The second-order valence-electron chi connectivity index (χ2n) is 4.24. The molecule has 3 nitrogen and oxygen atoms in total. The molecule has 0 saturated heterocycles. The number of benzene rings is 1. The van der Waals surface area contributed by atoms with E-state index in [0.717, 1.165) is 27.8 Å². The van der Waals surface area contributed by atoms with Crippen molar-refractivity contribution in [1.29, 1.82) is 0 Å². The number of nitrogens with zero attached hydrogens (tertiary/aromatic N) is 1. The molecular weight excluding hydrogens is 234 g/mol. The van der Waals surface area contributed by atoms with Crippen LogP contribution in [0, 0.1) is 6.92 Å². The van der Waals surface area contributed by atoms with Crippen LogP contribution in [0.4, 0.5) is 0 Å². The molecule has 1 atom stereocenters. The Morgan fingerprint density at radius 2 is 2.00 bits per heavy atom. The van der Waals surface area contributed by atoms with E-state index in [2.05, 4.69) is 16.9 Å². The normalized spacial score (nSPS) is 12.7. The highest BCUT2D eigenvalue weighted by atomic mass is 35.5. The minimum atomic E-state index is 0.245. The summed E-state index contributed by atoms with van der Waals surface area (Å²) >= 11 is 5.87. The van der Waals surface area contributed by atoms with Gasteiger partial charge in [-0.2, -0.15) is 0 Å². The Balaban J connectivity index is 2.39. The summed E-state index contributed by atoms with van der Waals surface area (Å²) in [4.78, 5) is 7.89. The number of H-pyrrole nitrogens is 1. The highest BCUT2D eigenvalue weighted by molar-refractivity contribution is 6.30. The predicted octanol–water partition coefficient (Wildman–Crippen LogP) is 3.10. The van der Waals surface area contributed by atoms with Crippen LogP contribution in [0.5, 0.6) is 0 Å². The molecule has 0 saturated carbocycles. The smallest absolute Gasteiger partial charge is 0.111 e. The van der Waals surface area contributed by atoms with Gasteiger partial charge in [0.1, 0.15) is 5.82 Å². The van der Waals surface area contributed by atoms with Crippen LogP contribution >= 0.6 is 11.6 Å². The van der Waals surface area contributed by atoms with Crippen LogP contribution in [0.25, 0.3) is 11.3 Å². The lowest BCUT2D eigenvalue weighted by atomic mass is 10.1. The summed E-state index contributed by atoms with van der Waals surface area (Å²) in [7, 11) is 0. The van der Waals surface area contributed by atoms with Gasteiger partial charge in [0, 0.05) is 28.7 Å². The second kappa shape index (κ2) is 4.90. The Kier molecular flexibility index (Phi) is 3.50. The third kappa shape index (κ3) is 2.51. The fraction of sp³-hybridized carbons (Fsp3) is 0.308. The van der Waals surface area contributed by atoms with Gasteiger partial charge in [-0.3, -0.25) is 0 Å². The van der Waals surface area contributed by atoms with Crippen molar-refractivity contribution in [2.24, 2.45) is 5.73 Å². The fourth-order valence-electron chi connectivity index (χ4n) is 1.72. The van der Waals surface area contributed by atoms with Crippen LogP contribution in [-0.4, -0.2) is 16.5 Å². The molecule has 4 heteroatoms. The van der Waals surface area contributed by atoms with Crippen LogP contribution in [-0.2, 0) is 0 Å². The zero-order chi connectivity index (χ0) is 12.4. The van der Waals surface area contributed by atoms with E-state index in [4.69, 9.17) is 17.3 Å². The first kappa shape index (κ1) is 12.1. The molecule has 0 aliphatic heterocycles. The van der Waals surface area contributed by atoms with Crippen LogP contribution in [0.15, 0.2) is 24.3 Å². The molecule has 1 heterocycles. The maximum absolute atomic E-state index is 5.87. The van der Waals surface area contributed by atoms with Crippen molar-refractivity contribution in [3.05, 3.63) is 40.8 Å². The highest BCUT2D eigenvalue weighted by Crippen LogP contribution is 2.24. The average molecular weight is 250 g/mol. The maximum Gasteiger partial charge on any atom is 0.111 e. The first-order valence-corrected chi connectivity index (χ1v) is 6.02. The first-order valence-electron chi connectivity index (χ1n) is 5.64. The molecule has 0 bridgehead atoms. The quantitative estimate of drug-likeness (QED) is 0.878. The minimum Gasteiger partial charge on any atom is -0.345 e. The van der Waals surface area contributed by atoms with Gasteiger partial charge in [0.2, 0.25) is 0 Å². The SMILES string of the molecule is Cc1[nH]c(C(C)CN)nc1-c1ccc(Cl)cc1. The molecule has 0 fully saturated rings. The number of imidazole rings is 1. The number of aromatic nitrogens is 2. The third-order valence-corrected chi connectivity index (χ3v) is 3.09. The Hall–Kier alpha value is -1.32. The van der Waals surface area contributed by atoms with Crippen molar-refractivity contribution in [1.82, 2.24) is 9.97 Å². The molecule has 3 N–H and O–H groups in total. The number of aryl methyl sites for hydroxylation is 1. The van der Waals surface area contributed by atoms with Crippen molar-refractivity contribution in [2.75, 3.05) is 6.54 Å². The van der Waals surface area contributed by atoms with Gasteiger partial charge in [0.25, 0.3) is 0 Å². The summed E-state index contributed by atoms with van der Waals surface area (Å²) in [6.45, 7) is 4.67. The monoisotopic (exact) mass is 249 g/mol. The molecule has 1 aromatic carbocycles. The lowest BCUT2D eigenvalue weighted by molar-refractivity contribution is 0.723. The number of halogens is 1. The number of hydrogen-bond donors (Lipinski definition) is 2. The Bertz CT molecular complexity index is 502. The Labute approximate surface area is 106 Å². The van der Waals surface area contributed by atoms with E-state index < -0.39 is 0 Å². The minimum absolute atomic E-state index is 0.245. The van der Waals surface area contributed by atoms with Crippen LogP contribution in [0.1, 0.15) is 24.4 Å². The van der Waals surface area contributed by atoms with E-state index in [1.54, 1.807) is 0 Å². The van der Waals surface area contributed by atoms with Gasteiger partial charge in [0.05, 0.1) is 5.69 Å². The van der Waals surface area contributed by atoms with Gasteiger partial charge in [-0.1, -0.05) is 30.7 Å². The zero-order valence-corrected chi connectivity index (χ0v) is 10.8. The molecular formula is C13H16ClN3. The van der Waals surface area contributed by atoms with Crippen molar-refractivity contribution >= 4 is 11.6 Å². The summed E-state index contributed by atoms with van der Waals surface area (Å²) in [5, 5.41) is 0.734. The molecule has 2 aromatic rings. The van der Waals surface area contributed by atoms with E-state index in [9.17, 15) is 0 Å². The largest absolute Gasteiger partial charge is 0.345 e. The second-order valence-corrected chi connectivity index (χ2v) is 4.68. The first-order chi connectivity index (χ1) is 8.11.